The van der Waals surface area contributed by atoms with E-state index >= 15 is 0 Å². The lowest BCUT2D eigenvalue weighted by Crippen LogP contribution is -2.30. The van der Waals surface area contributed by atoms with Crippen molar-refractivity contribution in [2.45, 2.75) is 45.8 Å². The number of rotatable bonds is 7. The summed E-state index contributed by atoms with van der Waals surface area (Å²) in [6.45, 7) is 8.56. The van der Waals surface area contributed by atoms with Crippen LogP contribution in [-0.2, 0) is 12.1 Å². The zero-order valence-electron chi connectivity index (χ0n) is 10.8. The molecule has 0 aromatic carbocycles. The average Bonchev–Trinajstić information content (AvgIpc) is 2.61. The number of aryl methyl sites for hydroxylation is 1. The maximum Gasteiger partial charge on any atom is 0.106 e. The molecule has 98 valence electrons. The van der Waals surface area contributed by atoms with Gasteiger partial charge in [0.05, 0.1) is 16.4 Å². The number of hydrogen-bond acceptors (Lipinski definition) is 3. The first-order valence-electron chi connectivity index (χ1n) is 6.17. The van der Waals surface area contributed by atoms with Crippen molar-refractivity contribution in [3.63, 3.8) is 0 Å². The quantitative estimate of drug-likeness (QED) is 0.760. The van der Waals surface area contributed by atoms with Crippen molar-refractivity contribution in [3.05, 3.63) is 16.4 Å². The Kier molecular flexibility index (Phi) is 5.62. The first kappa shape index (κ1) is 14.7. The van der Waals surface area contributed by atoms with Crippen LogP contribution in [-0.4, -0.2) is 28.0 Å². The fourth-order valence-electron chi connectivity index (χ4n) is 1.91. The zero-order chi connectivity index (χ0) is 12.9. The van der Waals surface area contributed by atoms with Crippen LogP contribution in [0.15, 0.2) is 10.7 Å². The standard InChI is InChI=1S/C12H22BrN3O/c1-4-8-16-11(10(13)9-15-16)12(3,17)6-7-14-5-2/h9,14,17H,4-8H2,1-3H3. The third-order valence-corrected chi connectivity index (χ3v) is 3.36. The van der Waals surface area contributed by atoms with Crippen LogP contribution in [0.1, 0.15) is 39.3 Å². The Labute approximate surface area is 112 Å². The zero-order valence-corrected chi connectivity index (χ0v) is 12.4. The van der Waals surface area contributed by atoms with Gasteiger partial charge in [0.1, 0.15) is 5.60 Å². The largest absolute Gasteiger partial charge is 0.384 e. The first-order chi connectivity index (χ1) is 8.03. The van der Waals surface area contributed by atoms with Crippen LogP contribution in [0.2, 0.25) is 0 Å². The lowest BCUT2D eigenvalue weighted by atomic mass is 9.98. The number of nitrogens with one attached hydrogen (secondary N) is 1. The molecule has 0 radical (unpaired) electrons. The highest BCUT2D eigenvalue weighted by atomic mass is 79.9. The Morgan fingerprint density at radius 2 is 2.24 bits per heavy atom. The van der Waals surface area contributed by atoms with Crippen LogP contribution in [0.3, 0.4) is 0 Å². The fraction of sp³-hybridized carbons (Fsp3) is 0.750. The number of hydrogen-bond donors (Lipinski definition) is 2. The molecular formula is C12H22BrN3O. The summed E-state index contributed by atoms with van der Waals surface area (Å²) in [5.74, 6) is 0. The van der Waals surface area contributed by atoms with E-state index in [2.05, 4.69) is 40.2 Å². The molecule has 0 fully saturated rings. The van der Waals surface area contributed by atoms with E-state index in [9.17, 15) is 5.11 Å². The minimum absolute atomic E-state index is 0.675. The van der Waals surface area contributed by atoms with Gasteiger partial charge in [-0.1, -0.05) is 13.8 Å². The minimum Gasteiger partial charge on any atom is -0.384 e. The van der Waals surface area contributed by atoms with Gasteiger partial charge in [-0.15, -0.1) is 0 Å². The second-order valence-corrected chi connectivity index (χ2v) is 5.30. The van der Waals surface area contributed by atoms with Crippen molar-refractivity contribution in [1.29, 1.82) is 0 Å². The Bertz CT molecular complexity index is 350. The van der Waals surface area contributed by atoms with E-state index < -0.39 is 5.60 Å². The normalized spacial score (nSPS) is 14.9. The van der Waals surface area contributed by atoms with E-state index in [4.69, 9.17) is 0 Å². The smallest absolute Gasteiger partial charge is 0.106 e. The molecule has 1 aromatic heterocycles. The molecule has 2 N–H and O–H groups in total. The number of nitrogens with zero attached hydrogens (tertiary/aromatic N) is 2. The summed E-state index contributed by atoms with van der Waals surface area (Å²) in [7, 11) is 0. The van der Waals surface area contributed by atoms with Crippen molar-refractivity contribution < 1.29 is 5.11 Å². The SMILES string of the molecule is CCCn1ncc(Br)c1C(C)(O)CCNCC. The molecule has 0 bridgehead atoms. The van der Waals surface area contributed by atoms with Gasteiger partial charge >= 0.3 is 0 Å². The summed E-state index contributed by atoms with van der Waals surface area (Å²) in [5, 5.41) is 18.1. The molecule has 0 spiro atoms. The van der Waals surface area contributed by atoms with Gasteiger partial charge in [0.2, 0.25) is 0 Å². The predicted molar refractivity (Wildman–Crippen MR) is 72.9 cm³/mol. The molecule has 0 aliphatic rings. The fourth-order valence-corrected chi connectivity index (χ4v) is 2.63. The molecule has 0 aliphatic heterocycles. The van der Waals surface area contributed by atoms with Gasteiger partial charge in [-0.25, -0.2) is 0 Å². The average molecular weight is 304 g/mol. The van der Waals surface area contributed by atoms with Crippen LogP contribution >= 0.6 is 15.9 Å². The minimum atomic E-state index is -0.854. The van der Waals surface area contributed by atoms with Crippen molar-refractivity contribution in [3.8, 4) is 0 Å². The highest BCUT2D eigenvalue weighted by molar-refractivity contribution is 9.10. The molecule has 1 unspecified atom stereocenters. The molecular weight excluding hydrogens is 282 g/mol. The van der Waals surface area contributed by atoms with Crippen molar-refractivity contribution in [2.75, 3.05) is 13.1 Å². The van der Waals surface area contributed by atoms with Crippen molar-refractivity contribution in [1.82, 2.24) is 15.1 Å². The van der Waals surface area contributed by atoms with E-state index in [1.54, 1.807) is 6.20 Å². The number of aromatic nitrogens is 2. The van der Waals surface area contributed by atoms with Gasteiger partial charge in [-0.3, -0.25) is 4.68 Å². The highest BCUT2D eigenvalue weighted by Gasteiger charge is 2.29. The van der Waals surface area contributed by atoms with Gasteiger partial charge in [0.15, 0.2) is 0 Å². The maximum absolute atomic E-state index is 10.6. The molecule has 0 saturated carbocycles. The third kappa shape index (κ3) is 3.79. The van der Waals surface area contributed by atoms with Gasteiger partial charge in [0.25, 0.3) is 0 Å². The molecule has 0 aliphatic carbocycles. The van der Waals surface area contributed by atoms with Gasteiger partial charge in [-0.2, -0.15) is 5.10 Å². The summed E-state index contributed by atoms with van der Waals surface area (Å²) in [5.41, 5.74) is 0.0180. The Morgan fingerprint density at radius 3 is 2.82 bits per heavy atom. The molecule has 1 aromatic rings. The van der Waals surface area contributed by atoms with Crippen molar-refractivity contribution in [2.24, 2.45) is 0 Å². The summed E-state index contributed by atoms with van der Waals surface area (Å²) < 4.78 is 2.77. The molecule has 1 heterocycles. The molecule has 0 saturated heterocycles. The summed E-state index contributed by atoms with van der Waals surface area (Å²) in [4.78, 5) is 0. The molecule has 4 nitrogen and oxygen atoms in total. The second-order valence-electron chi connectivity index (χ2n) is 4.44. The Morgan fingerprint density at radius 1 is 1.53 bits per heavy atom. The second kappa shape index (κ2) is 6.52. The van der Waals surface area contributed by atoms with Crippen molar-refractivity contribution >= 4 is 15.9 Å². The van der Waals surface area contributed by atoms with Crippen LogP contribution in [0.4, 0.5) is 0 Å². The summed E-state index contributed by atoms with van der Waals surface area (Å²) in [6.07, 6.45) is 3.44. The number of aliphatic hydroxyl groups is 1. The molecule has 17 heavy (non-hydrogen) atoms. The van der Waals surface area contributed by atoms with Crippen LogP contribution in [0.5, 0.6) is 0 Å². The lowest BCUT2D eigenvalue weighted by molar-refractivity contribution is 0.0379. The third-order valence-electron chi connectivity index (χ3n) is 2.78. The van der Waals surface area contributed by atoms with Crippen LogP contribution in [0.25, 0.3) is 0 Å². The van der Waals surface area contributed by atoms with E-state index in [0.29, 0.717) is 6.42 Å². The van der Waals surface area contributed by atoms with Crippen LogP contribution < -0.4 is 5.32 Å². The van der Waals surface area contributed by atoms with Crippen LogP contribution in [0, 0.1) is 0 Å². The topological polar surface area (TPSA) is 50.1 Å². The van der Waals surface area contributed by atoms with E-state index in [-0.39, 0.29) is 0 Å². The first-order valence-corrected chi connectivity index (χ1v) is 6.97. The van der Waals surface area contributed by atoms with Gasteiger partial charge in [0, 0.05) is 6.54 Å². The Hall–Kier alpha value is -0.390. The highest BCUT2D eigenvalue weighted by Crippen LogP contribution is 2.30. The van der Waals surface area contributed by atoms with E-state index in [1.807, 2.05) is 11.6 Å². The lowest BCUT2D eigenvalue weighted by Gasteiger charge is -2.25. The summed E-state index contributed by atoms with van der Waals surface area (Å²) >= 11 is 3.47. The molecule has 1 atom stereocenters. The van der Waals surface area contributed by atoms with Gasteiger partial charge in [-0.05, 0) is 48.8 Å². The van der Waals surface area contributed by atoms with Gasteiger partial charge < -0.3 is 10.4 Å². The molecule has 0 amide bonds. The Balaban J connectivity index is 2.84. The van der Waals surface area contributed by atoms with E-state index in [0.717, 1.165) is 36.2 Å². The number of halogens is 1. The van der Waals surface area contributed by atoms with E-state index in [1.165, 1.54) is 0 Å². The monoisotopic (exact) mass is 303 g/mol. The maximum atomic E-state index is 10.6. The predicted octanol–water partition coefficient (Wildman–Crippen LogP) is 2.26. The summed E-state index contributed by atoms with van der Waals surface area (Å²) in [6, 6.07) is 0. The molecule has 5 heteroatoms. The molecule has 1 rings (SSSR count).